The van der Waals surface area contributed by atoms with E-state index in [0.717, 1.165) is 11.1 Å². The van der Waals surface area contributed by atoms with E-state index in [1.54, 1.807) is 27.1 Å². The van der Waals surface area contributed by atoms with E-state index in [1.807, 2.05) is 12.1 Å². The Morgan fingerprint density at radius 3 is 2.42 bits per heavy atom. The van der Waals surface area contributed by atoms with Crippen LogP contribution in [0.25, 0.3) is 0 Å². The van der Waals surface area contributed by atoms with Crippen molar-refractivity contribution in [1.29, 1.82) is 0 Å². The van der Waals surface area contributed by atoms with Crippen LogP contribution in [0.4, 0.5) is 0 Å². The van der Waals surface area contributed by atoms with E-state index in [0.29, 0.717) is 17.5 Å². The summed E-state index contributed by atoms with van der Waals surface area (Å²) in [5, 5.41) is 4.70. The molecule has 0 aliphatic rings. The summed E-state index contributed by atoms with van der Waals surface area (Å²) in [6, 6.07) is 5.86. The van der Waals surface area contributed by atoms with Gasteiger partial charge in [0.1, 0.15) is 0 Å². The molecule has 0 atom stereocenters. The van der Waals surface area contributed by atoms with Crippen molar-refractivity contribution in [3.05, 3.63) is 29.3 Å². The number of hydrogen-bond acceptors (Lipinski definition) is 4. The lowest BCUT2D eigenvalue weighted by molar-refractivity contribution is 0.364. The van der Waals surface area contributed by atoms with Crippen molar-refractivity contribution in [3.8, 4) is 0 Å². The first-order valence-electron chi connectivity index (χ1n) is 6.25. The minimum Gasteiger partial charge on any atom is -0.310 e. The van der Waals surface area contributed by atoms with Crippen LogP contribution in [0.5, 0.6) is 0 Å². The van der Waals surface area contributed by atoms with Gasteiger partial charge in [0, 0.05) is 26.7 Å². The average molecular weight is 285 g/mol. The molecule has 6 heteroatoms. The van der Waals surface area contributed by atoms with E-state index in [9.17, 15) is 8.42 Å². The zero-order valence-corrected chi connectivity index (χ0v) is 13.0. The molecule has 0 aliphatic carbocycles. The van der Waals surface area contributed by atoms with Crippen LogP contribution in [0, 0.1) is 6.92 Å². The standard InChI is InChI=1S/C13H23N3O2S/c1-10(2)14-9-12-7-6-11(3)13(8-12)19(17,18)15-16(4)5/h6-8,10,14-15H,9H2,1-5H3. The summed E-state index contributed by atoms with van der Waals surface area (Å²) >= 11 is 0. The van der Waals surface area contributed by atoms with Gasteiger partial charge in [-0.15, -0.1) is 4.83 Å². The molecule has 1 rings (SSSR count). The minimum absolute atomic E-state index is 0.323. The second-order valence-electron chi connectivity index (χ2n) is 5.12. The highest BCUT2D eigenvalue weighted by molar-refractivity contribution is 7.89. The lowest BCUT2D eigenvalue weighted by Crippen LogP contribution is -2.36. The topological polar surface area (TPSA) is 61.4 Å². The maximum absolute atomic E-state index is 12.2. The van der Waals surface area contributed by atoms with Gasteiger partial charge in [0.25, 0.3) is 10.0 Å². The van der Waals surface area contributed by atoms with E-state index < -0.39 is 10.0 Å². The Bertz CT molecular complexity index is 525. The average Bonchev–Trinajstić information content (AvgIpc) is 2.25. The molecule has 0 saturated heterocycles. The van der Waals surface area contributed by atoms with Crippen molar-refractivity contribution in [3.63, 3.8) is 0 Å². The fraction of sp³-hybridized carbons (Fsp3) is 0.538. The van der Waals surface area contributed by atoms with Crippen molar-refractivity contribution in [2.24, 2.45) is 0 Å². The Labute approximate surface area is 116 Å². The molecule has 2 N–H and O–H groups in total. The summed E-state index contributed by atoms with van der Waals surface area (Å²) in [6.07, 6.45) is 0. The normalized spacial score (nSPS) is 12.4. The van der Waals surface area contributed by atoms with Crippen molar-refractivity contribution in [1.82, 2.24) is 15.2 Å². The number of sulfonamides is 1. The first-order chi connectivity index (χ1) is 8.72. The molecule has 1 aromatic carbocycles. The Morgan fingerprint density at radius 2 is 1.89 bits per heavy atom. The van der Waals surface area contributed by atoms with E-state index in [1.165, 1.54) is 5.01 Å². The van der Waals surface area contributed by atoms with E-state index >= 15 is 0 Å². The fourth-order valence-corrected chi connectivity index (χ4v) is 3.03. The quantitative estimate of drug-likeness (QED) is 0.772. The van der Waals surface area contributed by atoms with Gasteiger partial charge >= 0.3 is 0 Å². The molecular weight excluding hydrogens is 262 g/mol. The van der Waals surface area contributed by atoms with Gasteiger partial charge in [0.05, 0.1) is 4.90 Å². The van der Waals surface area contributed by atoms with Crippen LogP contribution in [0.3, 0.4) is 0 Å². The molecule has 0 spiro atoms. The predicted octanol–water partition coefficient (Wildman–Crippen LogP) is 1.25. The third kappa shape index (κ3) is 4.91. The van der Waals surface area contributed by atoms with E-state index in [2.05, 4.69) is 24.0 Å². The summed E-state index contributed by atoms with van der Waals surface area (Å²) in [5.41, 5.74) is 1.70. The molecule has 0 amide bonds. The lowest BCUT2D eigenvalue weighted by atomic mass is 10.1. The molecule has 108 valence electrons. The Morgan fingerprint density at radius 1 is 1.26 bits per heavy atom. The van der Waals surface area contributed by atoms with Gasteiger partial charge in [-0.3, -0.25) is 0 Å². The van der Waals surface area contributed by atoms with Gasteiger partial charge in [-0.05, 0) is 24.1 Å². The van der Waals surface area contributed by atoms with Crippen molar-refractivity contribution < 1.29 is 8.42 Å². The maximum Gasteiger partial charge on any atom is 0.253 e. The van der Waals surface area contributed by atoms with Crippen LogP contribution in [-0.2, 0) is 16.6 Å². The molecule has 1 aromatic rings. The molecule has 5 nitrogen and oxygen atoms in total. The van der Waals surface area contributed by atoms with Crippen LogP contribution >= 0.6 is 0 Å². The van der Waals surface area contributed by atoms with Crippen LogP contribution in [0.15, 0.2) is 23.1 Å². The zero-order chi connectivity index (χ0) is 14.6. The molecule has 19 heavy (non-hydrogen) atoms. The van der Waals surface area contributed by atoms with E-state index in [4.69, 9.17) is 0 Å². The molecule has 0 saturated carbocycles. The number of nitrogens with one attached hydrogen (secondary N) is 2. The van der Waals surface area contributed by atoms with Gasteiger partial charge in [-0.25, -0.2) is 13.4 Å². The minimum atomic E-state index is -3.50. The first-order valence-corrected chi connectivity index (χ1v) is 7.73. The molecule has 0 radical (unpaired) electrons. The number of hydrogen-bond donors (Lipinski definition) is 2. The number of benzene rings is 1. The van der Waals surface area contributed by atoms with Crippen LogP contribution in [-0.4, -0.2) is 33.6 Å². The number of rotatable bonds is 6. The summed E-state index contributed by atoms with van der Waals surface area (Å²) < 4.78 is 24.4. The number of aryl methyl sites for hydroxylation is 1. The molecule has 0 unspecified atom stereocenters. The summed E-state index contributed by atoms with van der Waals surface area (Å²) in [5.74, 6) is 0. The SMILES string of the molecule is Cc1ccc(CNC(C)C)cc1S(=O)(=O)NN(C)C. The fourth-order valence-electron chi connectivity index (χ4n) is 1.66. The Hall–Kier alpha value is -0.950. The van der Waals surface area contributed by atoms with Crippen molar-refractivity contribution in [2.75, 3.05) is 14.1 Å². The number of hydrazine groups is 1. The highest BCUT2D eigenvalue weighted by Crippen LogP contribution is 2.17. The highest BCUT2D eigenvalue weighted by Gasteiger charge is 2.17. The van der Waals surface area contributed by atoms with Crippen molar-refractivity contribution >= 4 is 10.0 Å². The predicted molar refractivity (Wildman–Crippen MR) is 77.2 cm³/mol. The summed E-state index contributed by atoms with van der Waals surface area (Å²) in [4.78, 5) is 2.78. The monoisotopic (exact) mass is 285 g/mol. The van der Waals surface area contributed by atoms with Crippen LogP contribution in [0.2, 0.25) is 0 Å². The third-order valence-electron chi connectivity index (χ3n) is 2.56. The summed E-state index contributed by atoms with van der Waals surface area (Å²) in [7, 11) is -0.203. The molecule has 0 heterocycles. The van der Waals surface area contributed by atoms with Gasteiger partial charge in [0.2, 0.25) is 0 Å². The number of nitrogens with zero attached hydrogens (tertiary/aromatic N) is 1. The second-order valence-corrected chi connectivity index (χ2v) is 6.75. The Kier molecular flexibility index (Phi) is 5.49. The largest absolute Gasteiger partial charge is 0.310 e. The van der Waals surface area contributed by atoms with Gasteiger partial charge < -0.3 is 5.32 Å². The van der Waals surface area contributed by atoms with Crippen molar-refractivity contribution in [2.45, 2.75) is 38.3 Å². The van der Waals surface area contributed by atoms with E-state index in [-0.39, 0.29) is 0 Å². The second kappa shape index (κ2) is 6.47. The molecule has 0 aliphatic heterocycles. The first kappa shape index (κ1) is 16.1. The van der Waals surface area contributed by atoms with Crippen LogP contribution < -0.4 is 10.1 Å². The third-order valence-corrected chi connectivity index (χ3v) is 4.18. The molecule has 0 aromatic heterocycles. The highest BCUT2D eigenvalue weighted by atomic mass is 32.2. The Balaban J connectivity index is 3.03. The van der Waals surface area contributed by atoms with Gasteiger partial charge in [-0.2, -0.15) is 0 Å². The van der Waals surface area contributed by atoms with Gasteiger partial charge in [-0.1, -0.05) is 26.0 Å². The molecule has 0 bridgehead atoms. The molecule has 0 fully saturated rings. The zero-order valence-electron chi connectivity index (χ0n) is 12.2. The summed E-state index contributed by atoms with van der Waals surface area (Å²) in [6.45, 7) is 6.56. The smallest absolute Gasteiger partial charge is 0.253 e. The maximum atomic E-state index is 12.2. The van der Waals surface area contributed by atoms with Gasteiger partial charge in [0.15, 0.2) is 0 Å². The molecular formula is C13H23N3O2S. The van der Waals surface area contributed by atoms with Crippen LogP contribution in [0.1, 0.15) is 25.0 Å². The lowest BCUT2D eigenvalue weighted by Gasteiger charge is -2.15.